The van der Waals surface area contributed by atoms with E-state index in [4.69, 9.17) is 0 Å². The summed E-state index contributed by atoms with van der Waals surface area (Å²) in [7, 11) is -3.60. The molecule has 0 bridgehead atoms. The normalized spacial score (nSPS) is 11.5. The fourth-order valence-corrected chi connectivity index (χ4v) is 2.19. The molecule has 0 atom stereocenters. The Bertz CT molecular complexity index is 742. The Morgan fingerprint density at radius 1 is 1.27 bits per heavy atom. The number of fused-ring (bicyclic) bond motifs is 1. The number of nitrogens with zero attached hydrogens (tertiary/aromatic N) is 1. The van der Waals surface area contributed by atoms with Crippen LogP contribution < -0.4 is 4.57 Å². The molecule has 0 aliphatic carbocycles. The van der Waals surface area contributed by atoms with E-state index in [0.717, 1.165) is 13.7 Å². The first-order chi connectivity index (χ1) is 10.4. The van der Waals surface area contributed by atoms with Gasteiger partial charge in [0, 0.05) is 23.6 Å². The Labute approximate surface area is 135 Å². The number of thioether (sulfide) groups is 1. The van der Waals surface area contributed by atoms with E-state index in [1.54, 1.807) is 11.8 Å². The largest absolute Gasteiger partial charge is 0.726 e. The standard InChI is InChI=1S/C14H16NS.CH4O4S/c1-3-15-13(10-11-16-2)9-8-12-6-4-5-7-14(12)15;1-5-6(2,3)4/h4-11H,3H2,1-2H3;1H3,(H,2,3,4)/q+1;/p-1/b11-10+;. The number of rotatable bonds is 4. The molecule has 0 fully saturated rings. The fraction of sp³-hybridized carbons (Fsp3) is 0.267. The molecule has 0 unspecified atom stereocenters. The third kappa shape index (κ3) is 5.76. The molecule has 0 N–H and O–H groups in total. The highest BCUT2D eigenvalue weighted by Crippen LogP contribution is 2.12. The average Bonchev–Trinajstić information content (AvgIpc) is 2.52. The van der Waals surface area contributed by atoms with Crippen molar-refractivity contribution in [1.29, 1.82) is 0 Å². The predicted octanol–water partition coefficient (Wildman–Crippen LogP) is 2.57. The van der Waals surface area contributed by atoms with Crippen molar-refractivity contribution in [2.75, 3.05) is 13.4 Å². The van der Waals surface area contributed by atoms with Crippen molar-refractivity contribution in [3.8, 4) is 0 Å². The highest BCUT2D eigenvalue weighted by Gasteiger charge is 2.10. The van der Waals surface area contributed by atoms with Crippen molar-refractivity contribution in [2.24, 2.45) is 0 Å². The summed E-state index contributed by atoms with van der Waals surface area (Å²) in [5.74, 6) is 0. The zero-order valence-corrected chi connectivity index (χ0v) is 14.4. The molecule has 1 heterocycles. The Balaban J connectivity index is 0.000000346. The molecular formula is C15H19NO4S2. The summed E-state index contributed by atoms with van der Waals surface area (Å²) in [5.41, 5.74) is 2.56. The van der Waals surface area contributed by atoms with Crippen molar-refractivity contribution in [2.45, 2.75) is 13.5 Å². The predicted molar refractivity (Wildman–Crippen MR) is 89.1 cm³/mol. The number of hydrogen-bond donors (Lipinski definition) is 0. The molecule has 0 aliphatic heterocycles. The summed E-state index contributed by atoms with van der Waals surface area (Å²) < 4.78 is 33.4. The lowest BCUT2D eigenvalue weighted by molar-refractivity contribution is -0.669. The number of aryl methyl sites for hydroxylation is 1. The summed E-state index contributed by atoms with van der Waals surface area (Å²) in [5, 5.41) is 3.42. The van der Waals surface area contributed by atoms with Gasteiger partial charge in [-0.1, -0.05) is 12.1 Å². The molecule has 0 aliphatic rings. The number of aromatic nitrogens is 1. The summed E-state index contributed by atoms with van der Waals surface area (Å²) in [4.78, 5) is 0. The van der Waals surface area contributed by atoms with E-state index in [2.05, 4.69) is 69.8 Å². The molecule has 120 valence electrons. The van der Waals surface area contributed by atoms with E-state index in [9.17, 15) is 13.0 Å². The summed E-state index contributed by atoms with van der Waals surface area (Å²) in [6.07, 6.45) is 4.24. The van der Waals surface area contributed by atoms with Gasteiger partial charge in [0.1, 0.15) is 6.54 Å². The molecule has 0 radical (unpaired) electrons. The van der Waals surface area contributed by atoms with Crippen LogP contribution in [0.2, 0.25) is 0 Å². The maximum Gasteiger partial charge on any atom is 0.217 e. The van der Waals surface area contributed by atoms with Gasteiger partial charge in [0.25, 0.3) is 0 Å². The molecule has 0 spiro atoms. The lowest BCUT2D eigenvalue weighted by Crippen LogP contribution is -2.36. The number of hydrogen-bond acceptors (Lipinski definition) is 5. The first kappa shape index (κ1) is 18.6. The smallest absolute Gasteiger partial charge is 0.217 e. The molecule has 1 aromatic heterocycles. The van der Waals surface area contributed by atoms with Gasteiger partial charge >= 0.3 is 0 Å². The monoisotopic (exact) mass is 341 g/mol. The van der Waals surface area contributed by atoms with Crippen molar-refractivity contribution >= 4 is 39.1 Å². The molecule has 2 aromatic rings. The van der Waals surface area contributed by atoms with Crippen molar-refractivity contribution in [3.63, 3.8) is 0 Å². The lowest BCUT2D eigenvalue weighted by atomic mass is 10.2. The second-order valence-electron chi connectivity index (χ2n) is 4.17. The Kier molecular flexibility index (Phi) is 7.53. The topological polar surface area (TPSA) is 70.3 Å². The van der Waals surface area contributed by atoms with Crippen LogP contribution in [0.5, 0.6) is 0 Å². The van der Waals surface area contributed by atoms with Crippen LogP contribution in [0.25, 0.3) is 17.0 Å². The molecular weight excluding hydrogens is 322 g/mol. The van der Waals surface area contributed by atoms with Crippen LogP contribution in [0.3, 0.4) is 0 Å². The number of para-hydroxylation sites is 1. The SMILES string of the molecule is CC[n+]1c(/C=C/SC)ccc2ccccc21.COS(=O)(=O)[O-]. The molecule has 0 saturated carbocycles. The van der Waals surface area contributed by atoms with E-state index in [0.29, 0.717) is 0 Å². The Morgan fingerprint density at radius 3 is 2.45 bits per heavy atom. The van der Waals surface area contributed by atoms with Crippen LogP contribution in [0, 0.1) is 0 Å². The summed E-state index contributed by atoms with van der Waals surface area (Å²) in [6.45, 7) is 3.18. The van der Waals surface area contributed by atoms with Gasteiger partial charge in [0.15, 0.2) is 0 Å². The van der Waals surface area contributed by atoms with Gasteiger partial charge < -0.3 is 4.55 Å². The van der Waals surface area contributed by atoms with E-state index in [1.165, 1.54) is 16.6 Å². The highest BCUT2D eigenvalue weighted by molar-refractivity contribution is 8.01. The molecule has 5 nitrogen and oxygen atoms in total. The van der Waals surface area contributed by atoms with E-state index < -0.39 is 10.4 Å². The van der Waals surface area contributed by atoms with Crippen LogP contribution in [-0.4, -0.2) is 26.3 Å². The minimum absolute atomic E-state index is 0.808. The minimum Gasteiger partial charge on any atom is -0.726 e. The van der Waals surface area contributed by atoms with Crippen LogP contribution in [0.4, 0.5) is 0 Å². The van der Waals surface area contributed by atoms with Crippen LogP contribution >= 0.6 is 11.8 Å². The van der Waals surface area contributed by atoms with Gasteiger partial charge in [-0.15, -0.1) is 11.8 Å². The van der Waals surface area contributed by atoms with E-state index >= 15 is 0 Å². The van der Waals surface area contributed by atoms with Crippen molar-refractivity contribution < 1.29 is 21.7 Å². The molecule has 0 amide bonds. The quantitative estimate of drug-likeness (QED) is 0.486. The van der Waals surface area contributed by atoms with Crippen LogP contribution in [-0.2, 0) is 21.1 Å². The first-order valence-corrected chi connectivity index (χ1v) is 9.17. The van der Waals surface area contributed by atoms with Gasteiger partial charge in [-0.2, -0.15) is 4.57 Å². The summed E-state index contributed by atoms with van der Waals surface area (Å²) >= 11 is 1.73. The average molecular weight is 341 g/mol. The maximum atomic E-state index is 9.22. The Morgan fingerprint density at radius 2 is 1.91 bits per heavy atom. The van der Waals surface area contributed by atoms with Gasteiger partial charge in [-0.05, 0) is 30.7 Å². The Hall–Kier alpha value is -1.41. The lowest BCUT2D eigenvalue weighted by Gasteiger charge is -2.02. The summed E-state index contributed by atoms with van der Waals surface area (Å²) in [6, 6.07) is 12.9. The zero-order chi connectivity index (χ0) is 16.6. The fourth-order valence-electron chi connectivity index (χ4n) is 1.91. The third-order valence-corrected chi connectivity index (χ3v) is 3.68. The second-order valence-corrected chi connectivity index (χ2v) is 6.07. The van der Waals surface area contributed by atoms with Gasteiger partial charge in [-0.3, -0.25) is 4.18 Å². The number of pyridine rings is 1. The first-order valence-electron chi connectivity index (χ1n) is 6.55. The van der Waals surface area contributed by atoms with Gasteiger partial charge in [-0.25, -0.2) is 8.42 Å². The molecule has 2 rings (SSSR count). The zero-order valence-electron chi connectivity index (χ0n) is 12.7. The van der Waals surface area contributed by atoms with Crippen molar-refractivity contribution in [3.05, 3.63) is 47.5 Å². The third-order valence-electron chi connectivity index (χ3n) is 2.87. The minimum atomic E-state index is -4.41. The second kappa shape index (κ2) is 8.89. The van der Waals surface area contributed by atoms with Crippen LogP contribution in [0.15, 0.2) is 41.8 Å². The molecule has 7 heteroatoms. The van der Waals surface area contributed by atoms with Crippen LogP contribution in [0.1, 0.15) is 12.6 Å². The number of benzene rings is 1. The van der Waals surface area contributed by atoms with Crippen molar-refractivity contribution in [1.82, 2.24) is 0 Å². The highest BCUT2D eigenvalue weighted by atomic mass is 32.3. The molecule has 22 heavy (non-hydrogen) atoms. The van der Waals surface area contributed by atoms with E-state index in [1.807, 2.05) is 0 Å². The molecule has 1 aromatic carbocycles. The molecule has 0 saturated heterocycles. The van der Waals surface area contributed by atoms with Gasteiger partial charge in [0.05, 0.1) is 7.11 Å². The van der Waals surface area contributed by atoms with E-state index in [-0.39, 0.29) is 0 Å². The maximum absolute atomic E-state index is 9.22. The van der Waals surface area contributed by atoms with Gasteiger partial charge in [0.2, 0.25) is 21.6 Å².